The monoisotopic (exact) mass is 336 g/mol. The average Bonchev–Trinajstić information content (AvgIpc) is 2.71. The first kappa shape index (κ1) is 14.1. The van der Waals surface area contributed by atoms with Gasteiger partial charge >= 0.3 is 0 Å². The molecule has 4 heteroatoms. The van der Waals surface area contributed by atoms with Crippen molar-refractivity contribution in [1.29, 1.82) is 0 Å². The number of rotatable bonds is 1. The number of likely N-dealkylation sites (N-methyl/N-ethyl adjacent to an activating group) is 1. The molecule has 0 unspecified atom stereocenters. The average molecular weight is 337 g/mol. The third kappa shape index (κ3) is 2.19. The summed E-state index contributed by atoms with van der Waals surface area (Å²) >= 11 is 3.44. The van der Waals surface area contributed by atoms with E-state index in [-0.39, 0.29) is 10.7 Å². The number of alkyl halides is 1. The largest absolute Gasteiger partial charge is 0.307 e. The smallest absolute Gasteiger partial charge is 0.240 e. The molecule has 20 heavy (non-hydrogen) atoms. The van der Waals surface area contributed by atoms with Gasteiger partial charge in [-0.25, -0.2) is 0 Å². The second kappa shape index (κ2) is 5.15. The van der Waals surface area contributed by atoms with Gasteiger partial charge in [0.25, 0.3) is 0 Å². The summed E-state index contributed by atoms with van der Waals surface area (Å²) in [6, 6.07) is 6.82. The Balaban J connectivity index is 2.06. The van der Waals surface area contributed by atoms with Crippen molar-refractivity contribution < 1.29 is 4.79 Å². The summed E-state index contributed by atoms with van der Waals surface area (Å²) in [5.74, 6) is 0.644. The van der Waals surface area contributed by atoms with Crippen LogP contribution in [0.4, 0.5) is 5.69 Å². The summed E-state index contributed by atoms with van der Waals surface area (Å²) in [6.07, 6.45) is 1.06. The molecule has 0 saturated carbocycles. The SMILES string of the molecule is Cc1ccc2c(c1)[C@@H]1CN(C)CC[C@@H]1N2C(=O)[C@@H](C)Br. The first-order chi connectivity index (χ1) is 9.49. The predicted molar refractivity (Wildman–Crippen MR) is 85.7 cm³/mol. The molecule has 3 nitrogen and oxygen atoms in total. The first-order valence-electron chi connectivity index (χ1n) is 7.25. The van der Waals surface area contributed by atoms with Crippen molar-refractivity contribution in [1.82, 2.24) is 4.90 Å². The molecule has 2 aliphatic rings. The zero-order valence-electron chi connectivity index (χ0n) is 12.3. The van der Waals surface area contributed by atoms with Gasteiger partial charge in [-0.05, 0) is 45.5 Å². The number of likely N-dealkylation sites (tertiary alicyclic amines) is 1. The minimum Gasteiger partial charge on any atom is -0.307 e. The van der Waals surface area contributed by atoms with Gasteiger partial charge in [0.2, 0.25) is 5.91 Å². The van der Waals surface area contributed by atoms with Gasteiger partial charge in [0, 0.05) is 24.2 Å². The Bertz CT molecular complexity index is 543. The van der Waals surface area contributed by atoms with Gasteiger partial charge in [-0.2, -0.15) is 0 Å². The molecule has 0 aliphatic carbocycles. The number of fused-ring (bicyclic) bond motifs is 3. The van der Waals surface area contributed by atoms with E-state index in [0.717, 1.165) is 25.2 Å². The zero-order chi connectivity index (χ0) is 14.4. The van der Waals surface area contributed by atoms with Crippen LogP contribution in [0.25, 0.3) is 0 Å². The van der Waals surface area contributed by atoms with Crippen molar-refractivity contribution in [2.24, 2.45) is 0 Å². The number of halogens is 1. The summed E-state index contributed by atoms with van der Waals surface area (Å²) < 4.78 is 0. The minimum absolute atomic E-state index is 0.130. The van der Waals surface area contributed by atoms with Crippen LogP contribution in [0, 0.1) is 6.92 Å². The number of hydrogen-bond donors (Lipinski definition) is 0. The number of anilines is 1. The maximum absolute atomic E-state index is 12.6. The number of hydrogen-bond acceptors (Lipinski definition) is 2. The number of aryl methyl sites for hydroxylation is 1. The van der Waals surface area contributed by atoms with Crippen molar-refractivity contribution in [2.45, 2.75) is 37.1 Å². The molecule has 0 N–H and O–H groups in total. The quantitative estimate of drug-likeness (QED) is 0.736. The molecule has 1 amide bonds. The fourth-order valence-corrected chi connectivity index (χ4v) is 3.78. The summed E-state index contributed by atoms with van der Waals surface area (Å²) in [5.41, 5.74) is 3.75. The van der Waals surface area contributed by atoms with E-state index < -0.39 is 0 Å². The Morgan fingerprint density at radius 2 is 2.20 bits per heavy atom. The van der Waals surface area contributed by atoms with Crippen LogP contribution in [0.5, 0.6) is 0 Å². The number of benzene rings is 1. The fraction of sp³-hybridized carbons (Fsp3) is 0.562. The lowest BCUT2D eigenvalue weighted by molar-refractivity contribution is -0.118. The fourth-order valence-electron chi connectivity index (χ4n) is 3.56. The maximum atomic E-state index is 12.6. The van der Waals surface area contributed by atoms with Crippen molar-refractivity contribution in [3.8, 4) is 0 Å². The van der Waals surface area contributed by atoms with Crippen LogP contribution >= 0.6 is 15.9 Å². The lowest BCUT2D eigenvalue weighted by Gasteiger charge is -2.36. The van der Waals surface area contributed by atoms with Crippen molar-refractivity contribution in [2.75, 3.05) is 25.0 Å². The van der Waals surface area contributed by atoms with Crippen LogP contribution in [-0.2, 0) is 4.79 Å². The number of piperidine rings is 1. The van der Waals surface area contributed by atoms with Crippen LogP contribution in [-0.4, -0.2) is 41.8 Å². The van der Waals surface area contributed by atoms with Crippen LogP contribution in [0.2, 0.25) is 0 Å². The lowest BCUT2D eigenvalue weighted by atomic mass is 9.89. The second-order valence-electron chi connectivity index (χ2n) is 6.11. The molecule has 108 valence electrons. The molecule has 3 atom stereocenters. The van der Waals surface area contributed by atoms with E-state index in [9.17, 15) is 4.79 Å². The highest BCUT2D eigenvalue weighted by molar-refractivity contribution is 9.10. The standard InChI is InChI=1S/C16H21BrN2O/c1-10-4-5-14-12(8-10)13-9-18(3)7-6-15(13)19(14)16(20)11(2)17/h4-5,8,11,13,15H,6-7,9H2,1-3H3/t11-,13+,15+/m1/s1. The normalized spacial score (nSPS) is 27.1. The van der Waals surface area contributed by atoms with Crippen molar-refractivity contribution >= 4 is 27.5 Å². The number of carbonyl (C=O) groups excluding carboxylic acids is 1. The molecule has 2 heterocycles. The van der Waals surface area contributed by atoms with Crippen molar-refractivity contribution in [3.05, 3.63) is 29.3 Å². The third-order valence-electron chi connectivity index (χ3n) is 4.53. The lowest BCUT2D eigenvalue weighted by Crippen LogP contribution is -2.48. The van der Waals surface area contributed by atoms with E-state index in [0.29, 0.717) is 12.0 Å². The Kier molecular flexibility index (Phi) is 3.63. The molecular weight excluding hydrogens is 316 g/mol. The summed E-state index contributed by atoms with van der Waals surface area (Å²) in [6.45, 7) is 6.15. The van der Waals surface area contributed by atoms with Gasteiger partial charge in [-0.3, -0.25) is 4.79 Å². The maximum Gasteiger partial charge on any atom is 0.240 e. The van der Waals surface area contributed by atoms with Gasteiger partial charge in [0.05, 0.1) is 4.83 Å². The molecule has 1 saturated heterocycles. The molecule has 1 aromatic rings. The van der Waals surface area contributed by atoms with E-state index in [2.05, 4.69) is 53.0 Å². The van der Waals surface area contributed by atoms with Crippen molar-refractivity contribution in [3.63, 3.8) is 0 Å². The summed E-state index contributed by atoms with van der Waals surface area (Å²) in [4.78, 5) is 16.9. The minimum atomic E-state index is -0.130. The Morgan fingerprint density at radius 3 is 2.90 bits per heavy atom. The van der Waals surface area contributed by atoms with E-state index in [1.165, 1.54) is 11.1 Å². The molecule has 0 radical (unpaired) electrons. The molecule has 0 spiro atoms. The number of nitrogens with zero attached hydrogens (tertiary/aromatic N) is 2. The highest BCUT2D eigenvalue weighted by Crippen LogP contribution is 2.45. The van der Waals surface area contributed by atoms with Crippen LogP contribution < -0.4 is 4.90 Å². The topological polar surface area (TPSA) is 23.6 Å². The third-order valence-corrected chi connectivity index (χ3v) is 4.92. The molecule has 3 rings (SSSR count). The zero-order valence-corrected chi connectivity index (χ0v) is 13.9. The van der Waals surface area contributed by atoms with E-state index in [1.54, 1.807) is 0 Å². The van der Waals surface area contributed by atoms with E-state index in [1.807, 2.05) is 11.8 Å². The predicted octanol–water partition coefficient (Wildman–Crippen LogP) is 2.91. The molecule has 0 bridgehead atoms. The summed E-state index contributed by atoms with van der Waals surface area (Å²) in [5, 5.41) is 0. The van der Waals surface area contributed by atoms with Crippen LogP contribution in [0.3, 0.4) is 0 Å². The number of carbonyl (C=O) groups is 1. The molecule has 0 aromatic heterocycles. The van der Waals surface area contributed by atoms with Gasteiger partial charge < -0.3 is 9.80 Å². The molecule has 1 fully saturated rings. The van der Waals surface area contributed by atoms with E-state index >= 15 is 0 Å². The van der Waals surface area contributed by atoms with Gasteiger partial charge in [-0.1, -0.05) is 33.6 Å². The second-order valence-corrected chi connectivity index (χ2v) is 7.48. The van der Waals surface area contributed by atoms with Gasteiger partial charge in [0.15, 0.2) is 0 Å². The molecular formula is C16H21BrN2O. The molecule has 2 aliphatic heterocycles. The van der Waals surface area contributed by atoms with Crippen LogP contribution in [0.15, 0.2) is 18.2 Å². The summed E-state index contributed by atoms with van der Waals surface area (Å²) in [7, 11) is 2.17. The van der Waals surface area contributed by atoms with Gasteiger partial charge in [-0.15, -0.1) is 0 Å². The van der Waals surface area contributed by atoms with Crippen LogP contribution in [0.1, 0.15) is 30.4 Å². The number of amides is 1. The van der Waals surface area contributed by atoms with E-state index in [4.69, 9.17) is 0 Å². The first-order valence-corrected chi connectivity index (χ1v) is 8.17. The highest BCUT2D eigenvalue weighted by atomic mass is 79.9. The molecule has 1 aromatic carbocycles. The Labute approximate surface area is 129 Å². The Hall–Kier alpha value is -0.870. The van der Waals surface area contributed by atoms with Gasteiger partial charge in [0.1, 0.15) is 0 Å². The highest BCUT2D eigenvalue weighted by Gasteiger charge is 2.44. The Morgan fingerprint density at radius 1 is 1.45 bits per heavy atom.